The van der Waals surface area contributed by atoms with Crippen LogP contribution in [-0.4, -0.2) is 43.5 Å². The summed E-state index contributed by atoms with van der Waals surface area (Å²) in [4.78, 5) is 16.6. The van der Waals surface area contributed by atoms with Gasteiger partial charge in [-0.15, -0.1) is 0 Å². The molecule has 2 rings (SSSR count). The lowest BCUT2D eigenvalue weighted by atomic mass is 9.98. The average molecular weight is 261 g/mol. The number of carbonyl (C=O) groups excluding carboxylic acids is 1. The number of nitrogens with zero attached hydrogens (tertiary/aromatic N) is 2. The SMILES string of the molecule is CN(C)CCCN1C(=O)C(C)(C)Nc2ccccc21. The maximum atomic E-state index is 12.5. The second-order valence-corrected chi connectivity index (χ2v) is 5.88. The van der Waals surface area contributed by atoms with Crippen molar-refractivity contribution in [2.75, 3.05) is 37.4 Å². The number of hydrogen-bond donors (Lipinski definition) is 1. The highest BCUT2D eigenvalue weighted by Crippen LogP contribution is 2.34. The number of nitrogens with one attached hydrogen (secondary N) is 1. The molecule has 0 bridgehead atoms. The fourth-order valence-corrected chi connectivity index (χ4v) is 2.42. The van der Waals surface area contributed by atoms with E-state index in [1.54, 1.807) is 0 Å². The van der Waals surface area contributed by atoms with Gasteiger partial charge < -0.3 is 15.1 Å². The lowest BCUT2D eigenvalue weighted by Crippen LogP contribution is -2.54. The summed E-state index contributed by atoms with van der Waals surface area (Å²) in [6, 6.07) is 8.01. The van der Waals surface area contributed by atoms with Crippen molar-refractivity contribution >= 4 is 17.3 Å². The third kappa shape index (κ3) is 2.89. The van der Waals surface area contributed by atoms with E-state index < -0.39 is 5.54 Å². The Bertz CT molecular complexity index is 468. The fourth-order valence-electron chi connectivity index (χ4n) is 2.42. The Morgan fingerprint density at radius 1 is 1.26 bits per heavy atom. The normalized spacial score (nSPS) is 17.3. The van der Waals surface area contributed by atoms with Crippen LogP contribution in [0.1, 0.15) is 20.3 Å². The summed E-state index contributed by atoms with van der Waals surface area (Å²) >= 11 is 0. The standard InChI is InChI=1S/C15H23N3O/c1-15(2)14(19)18(11-7-10-17(3)4)13-9-6-5-8-12(13)16-15/h5-6,8-9,16H,7,10-11H2,1-4H3. The van der Waals surface area contributed by atoms with Gasteiger partial charge >= 0.3 is 0 Å². The molecule has 1 aromatic rings. The van der Waals surface area contributed by atoms with Crippen LogP contribution in [0, 0.1) is 0 Å². The summed E-state index contributed by atoms with van der Waals surface area (Å²) < 4.78 is 0. The van der Waals surface area contributed by atoms with E-state index in [1.165, 1.54) is 0 Å². The third-order valence-corrected chi connectivity index (χ3v) is 3.41. The van der Waals surface area contributed by atoms with Crippen LogP contribution < -0.4 is 10.2 Å². The van der Waals surface area contributed by atoms with Crippen molar-refractivity contribution in [3.63, 3.8) is 0 Å². The van der Waals surface area contributed by atoms with Crippen LogP contribution in [-0.2, 0) is 4.79 Å². The van der Waals surface area contributed by atoms with Crippen LogP contribution in [0.2, 0.25) is 0 Å². The molecule has 0 fully saturated rings. The van der Waals surface area contributed by atoms with E-state index in [2.05, 4.69) is 24.3 Å². The Labute approximate surface area is 115 Å². The Morgan fingerprint density at radius 3 is 2.63 bits per heavy atom. The smallest absolute Gasteiger partial charge is 0.252 e. The molecule has 4 nitrogen and oxygen atoms in total. The molecule has 4 heteroatoms. The van der Waals surface area contributed by atoms with Crippen LogP contribution in [0.25, 0.3) is 0 Å². The summed E-state index contributed by atoms with van der Waals surface area (Å²) in [5, 5.41) is 3.31. The molecule has 1 aromatic carbocycles. The number of rotatable bonds is 4. The van der Waals surface area contributed by atoms with Gasteiger partial charge in [-0.05, 0) is 53.0 Å². The molecular formula is C15H23N3O. The Hall–Kier alpha value is -1.55. The zero-order valence-corrected chi connectivity index (χ0v) is 12.2. The van der Waals surface area contributed by atoms with Gasteiger partial charge in [0.25, 0.3) is 5.91 Å². The average Bonchev–Trinajstić information content (AvgIpc) is 2.33. The van der Waals surface area contributed by atoms with Crippen LogP contribution in [0.15, 0.2) is 24.3 Å². The van der Waals surface area contributed by atoms with Crippen LogP contribution >= 0.6 is 0 Å². The van der Waals surface area contributed by atoms with E-state index in [0.717, 1.165) is 30.9 Å². The number of anilines is 2. The highest BCUT2D eigenvalue weighted by molar-refractivity contribution is 6.07. The molecule has 1 aliphatic heterocycles. The van der Waals surface area contributed by atoms with E-state index in [0.29, 0.717) is 0 Å². The van der Waals surface area contributed by atoms with E-state index >= 15 is 0 Å². The zero-order chi connectivity index (χ0) is 14.0. The van der Waals surface area contributed by atoms with Gasteiger partial charge in [0.1, 0.15) is 5.54 Å². The minimum absolute atomic E-state index is 0.143. The quantitative estimate of drug-likeness (QED) is 0.902. The zero-order valence-electron chi connectivity index (χ0n) is 12.2. The van der Waals surface area contributed by atoms with E-state index in [1.807, 2.05) is 43.0 Å². The lowest BCUT2D eigenvalue weighted by Gasteiger charge is -2.40. The largest absolute Gasteiger partial charge is 0.370 e. The van der Waals surface area contributed by atoms with Gasteiger partial charge in [0.2, 0.25) is 0 Å². The summed E-state index contributed by atoms with van der Waals surface area (Å²) in [5.41, 5.74) is 1.49. The molecule has 0 aromatic heterocycles. The molecule has 1 heterocycles. The minimum Gasteiger partial charge on any atom is -0.370 e. The summed E-state index contributed by atoms with van der Waals surface area (Å²) in [6.45, 7) is 5.62. The molecule has 0 atom stereocenters. The molecular weight excluding hydrogens is 238 g/mol. The minimum atomic E-state index is -0.535. The van der Waals surface area contributed by atoms with Crippen molar-refractivity contribution in [1.82, 2.24) is 4.90 Å². The second kappa shape index (κ2) is 5.21. The van der Waals surface area contributed by atoms with Gasteiger partial charge in [0.15, 0.2) is 0 Å². The van der Waals surface area contributed by atoms with Crippen molar-refractivity contribution in [2.24, 2.45) is 0 Å². The molecule has 104 valence electrons. The Kier molecular flexibility index (Phi) is 3.80. The van der Waals surface area contributed by atoms with Crippen LogP contribution in [0.5, 0.6) is 0 Å². The van der Waals surface area contributed by atoms with Crippen LogP contribution in [0.3, 0.4) is 0 Å². The molecule has 1 amide bonds. The van der Waals surface area contributed by atoms with E-state index in [4.69, 9.17) is 0 Å². The molecule has 1 N–H and O–H groups in total. The first-order valence-corrected chi connectivity index (χ1v) is 6.76. The van der Waals surface area contributed by atoms with Gasteiger partial charge in [-0.3, -0.25) is 4.79 Å². The maximum Gasteiger partial charge on any atom is 0.252 e. The summed E-state index contributed by atoms with van der Waals surface area (Å²) in [7, 11) is 4.11. The lowest BCUT2D eigenvalue weighted by molar-refractivity contribution is -0.122. The fraction of sp³-hybridized carbons (Fsp3) is 0.533. The molecule has 0 saturated carbocycles. The first-order chi connectivity index (χ1) is 8.92. The van der Waals surface area contributed by atoms with Crippen molar-refractivity contribution in [1.29, 1.82) is 0 Å². The number of para-hydroxylation sites is 2. The summed E-state index contributed by atoms with van der Waals surface area (Å²) in [6.07, 6.45) is 0.975. The van der Waals surface area contributed by atoms with Crippen molar-refractivity contribution in [3.05, 3.63) is 24.3 Å². The first-order valence-electron chi connectivity index (χ1n) is 6.76. The van der Waals surface area contributed by atoms with Crippen molar-refractivity contribution < 1.29 is 4.79 Å². The molecule has 0 saturated heterocycles. The van der Waals surface area contributed by atoms with E-state index in [-0.39, 0.29) is 5.91 Å². The number of fused-ring (bicyclic) bond motifs is 1. The highest BCUT2D eigenvalue weighted by atomic mass is 16.2. The topological polar surface area (TPSA) is 35.6 Å². The van der Waals surface area contributed by atoms with Crippen LogP contribution in [0.4, 0.5) is 11.4 Å². The van der Waals surface area contributed by atoms with Crippen molar-refractivity contribution in [3.8, 4) is 0 Å². The summed E-state index contributed by atoms with van der Waals surface area (Å²) in [5.74, 6) is 0.143. The van der Waals surface area contributed by atoms with Gasteiger partial charge in [-0.1, -0.05) is 12.1 Å². The number of hydrogen-bond acceptors (Lipinski definition) is 3. The Balaban J connectivity index is 2.22. The molecule has 1 aliphatic rings. The number of amides is 1. The number of benzene rings is 1. The molecule has 19 heavy (non-hydrogen) atoms. The third-order valence-electron chi connectivity index (χ3n) is 3.41. The van der Waals surface area contributed by atoms with Gasteiger partial charge in [0, 0.05) is 6.54 Å². The first kappa shape index (κ1) is 13.9. The van der Waals surface area contributed by atoms with Gasteiger partial charge in [-0.25, -0.2) is 0 Å². The molecule has 0 aliphatic carbocycles. The maximum absolute atomic E-state index is 12.5. The molecule has 0 unspecified atom stereocenters. The second-order valence-electron chi connectivity index (χ2n) is 5.88. The van der Waals surface area contributed by atoms with Gasteiger partial charge in [-0.2, -0.15) is 0 Å². The predicted molar refractivity (Wildman–Crippen MR) is 79.7 cm³/mol. The molecule has 0 spiro atoms. The van der Waals surface area contributed by atoms with Crippen molar-refractivity contribution in [2.45, 2.75) is 25.8 Å². The predicted octanol–water partition coefficient (Wildman–Crippen LogP) is 2.18. The highest BCUT2D eigenvalue weighted by Gasteiger charge is 2.37. The number of carbonyl (C=O) groups is 1. The monoisotopic (exact) mass is 261 g/mol. The Morgan fingerprint density at radius 2 is 1.95 bits per heavy atom. The van der Waals surface area contributed by atoms with Gasteiger partial charge in [0.05, 0.1) is 11.4 Å². The van der Waals surface area contributed by atoms with E-state index in [9.17, 15) is 4.79 Å². The molecule has 0 radical (unpaired) electrons.